The van der Waals surface area contributed by atoms with E-state index in [1.165, 1.54) is 0 Å². The van der Waals surface area contributed by atoms with Crippen molar-refractivity contribution >= 4 is 11.7 Å². The minimum Gasteiger partial charge on any atom is -0.493 e. The van der Waals surface area contributed by atoms with Crippen LogP contribution in [0.5, 0.6) is 11.5 Å². The highest BCUT2D eigenvalue weighted by molar-refractivity contribution is 5.90. The molecule has 1 N–H and O–H groups in total. The fourth-order valence-electron chi connectivity index (χ4n) is 4.08. The third-order valence-electron chi connectivity index (χ3n) is 5.21. The second kappa shape index (κ2) is 6.75. The molecule has 138 valence electrons. The summed E-state index contributed by atoms with van der Waals surface area (Å²) in [6.07, 6.45) is 0.0669. The monoisotopic (exact) mass is 347 g/mol. The van der Waals surface area contributed by atoms with E-state index in [0.717, 1.165) is 31.9 Å². The van der Waals surface area contributed by atoms with Gasteiger partial charge in [0.05, 0.1) is 13.2 Å². The average molecular weight is 347 g/mol. The number of ether oxygens (including phenoxy) is 2. The number of amides is 2. The van der Waals surface area contributed by atoms with Crippen LogP contribution in [0.1, 0.15) is 20.8 Å². The third kappa shape index (κ3) is 3.68. The highest BCUT2D eigenvalue weighted by atomic mass is 16.5. The molecular weight excluding hydrogens is 318 g/mol. The largest absolute Gasteiger partial charge is 0.493 e. The van der Waals surface area contributed by atoms with Crippen LogP contribution in [0.4, 0.5) is 10.5 Å². The van der Waals surface area contributed by atoms with Crippen molar-refractivity contribution < 1.29 is 14.3 Å². The zero-order valence-corrected chi connectivity index (χ0v) is 15.8. The van der Waals surface area contributed by atoms with Crippen LogP contribution in [0.25, 0.3) is 0 Å². The summed E-state index contributed by atoms with van der Waals surface area (Å²) < 4.78 is 11.1. The van der Waals surface area contributed by atoms with Crippen molar-refractivity contribution in [2.75, 3.05) is 45.7 Å². The van der Waals surface area contributed by atoms with Crippen molar-refractivity contribution in [3.05, 3.63) is 18.2 Å². The van der Waals surface area contributed by atoms with Crippen LogP contribution in [-0.2, 0) is 0 Å². The van der Waals surface area contributed by atoms with Crippen molar-refractivity contribution in [3.63, 3.8) is 0 Å². The van der Waals surface area contributed by atoms with Gasteiger partial charge in [-0.25, -0.2) is 4.79 Å². The lowest BCUT2D eigenvalue weighted by Gasteiger charge is -2.24. The number of benzene rings is 1. The predicted octanol–water partition coefficient (Wildman–Crippen LogP) is 2.90. The first-order valence-corrected chi connectivity index (χ1v) is 8.90. The van der Waals surface area contributed by atoms with Gasteiger partial charge < -0.3 is 24.6 Å². The molecule has 2 saturated heterocycles. The Labute approximate surface area is 150 Å². The first-order chi connectivity index (χ1) is 11.8. The number of carbonyl (C=O) groups excluding carboxylic acids is 1. The van der Waals surface area contributed by atoms with E-state index < -0.39 is 0 Å². The molecule has 0 aliphatic carbocycles. The van der Waals surface area contributed by atoms with E-state index in [9.17, 15) is 4.79 Å². The zero-order valence-electron chi connectivity index (χ0n) is 15.8. The van der Waals surface area contributed by atoms with Gasteiger partial charge in [-0.15, -0.1) is 0 Å². The molecule has 25 heavy (non-hydrogen) atoms. The average Bonchev–Trinajstić information content (AvgIpc) is 2.98. The van der Waals surface area contributed by atoms with Crippen LogP contribution in [0.15, 0.2) is 18.2 Å². The van der Waals surface area contributed by atoms with E-state index in [2.05, 4.69) is 24.2 Å². The number of methoxy groups -OCH3 is 1. The van der Waals surface area contributed by atoms with E-state index in [0.29, 0.717) is 17.4 Å². The molecule has 1 aromatic rings. The lowest BCUT2D eigenvalue weighted by molar-refractivity contribution is 0.208. The molecule has 0 saturated carbocycles. The minimum absolute atomic E-state index is 0.0436. The topological polar surface area (TPSA) is 54.0 Å². The van der Waals surface area contributed by atoms with Gasteiger partial charge >= 0.3 is 6.03 Å². The quantitative estimate of drug-likeness (QED) is 0.910. The highest BCUT2D eigenvalue weighted by Crippen LogP contribution is 2.41. The summed E-state index contributed by atoms with van der Waals surface area (Å²) in [4.78, 5) is 17.0. The van der Waals surface area contributed by atoms with Crippen LogP contribution in [0.3, 0.4) is 0 Å². The summed E-state index contributed by atoms with van der Waals surface area (Å²) in [7, 11) is 3.76. The maximum Gasteiger partial charge on any atom is 0.321 e. The van der Waals surface area contributed by atoms with Gasteiger partial charge in [-0.3, -0.25) is 0 Å². The first kappa shape index (κ1) is 17.9. The van der Waals surface area contributed by atoms with Gasteiger partial charge in [-0.2, -0.15) is 0 Å². The number of hydrogen-bond acceptors (Lipinski definition) is 4. The lowest BCUT2D eigenvalue weighted by atomic mass is 9.83. The van der Waals surface area contributed by atoms with Gasteiger partial charge in [0, 0.05) is 43.3 Å². The van der Waals surface area contributed by atoms with Crippen molar-refractivity contribution in [2.45, 2.75) is 26.9 Å². The van der Waals surface area contributed by atoms with E-state index in [4.69, 9.17) is 9.47 Å². The lowest BCUT2D eigenvalue weighted by Crippen LogP contribution is -2.37. The van der Waals surface area contributed by atoms with Crippen LogP contribution in [0.2, 0.25) is 0 Å². The SMILES string of the molecule is COc1cc(NC(=O)N2C[C@@H]3CN(C)C[C@]3(C)C2)ccc1OC(C)C. The van der Waals surface area contributed by atoms with Gasteiger partial charge in [-0.05, 0) is 38.9 Å². The molecule has 6 nitrogen and oxygen atoms in total. The van der Waals surface area contributed by atoms with Gasteiger partial charge in [-0.1, -0.05) is 6.92 Å². The molecule has 2 aliphatic heterocycles. The smallest absolute Gasteiger partial charge is 0.321 e. The van der Waals surface area contributed by atoms with E-state index in [1.54, 1.807) is 7.11 Å². The number of urea groups is 1. The fourth-order valence-corrected chi connectivity index (χ4v) is 4.08. The third-order valence-corrected chi connectivity index (χ3v) is 5.21. The number of rotatable bonds is 4. The number of nitrogens with zero attached hydrogens (tertiary/aromatic N) is 2. The summed E-state index contributed by atoms with van der Waals surface area (Å²) in [5.74, 6) is 1.86. The van der Waals surface area contributed by atoms with Crippen LogP contribution in [0, 0.1) is 11.3 Å². The minimum atomic E-state index is -0.0436. The maximum atomic E-state index is 12.7. The maximum absolute atomic E-state index is 12.7. The molecule has 2 amide bonds. The normalized spacial score (nSPS) is 26.0. The molecular formula is C19H29N3O3. The standard InChI is InChI=1S/C19H29N3O3/c1-13(2)25-16-7-6-15(8-17(16)24-5)20-18(23)22-10-14-9-21(4)11-19(14,3)12-22/h6-8,13-14H,9-12H2,1-5H3,(H,20,23)/t14-,19+/m0/s1. The molecule has 0 spiro atoms. The zero-order chi connectivity index (χ0) is 18.2. The molecule has 0 unspecified atom stereocenters. The molecule has 2 atom stereocenters. The summed E-state index contributed by atoms with van der Waals surface area (Å²) in [5.41, 5.74) is 0.927. The molecule has 3 rings (SSSR count). The summed E-state index contributed by atoms with van der Waals surface area (Å²) in [5, 5.41) is 2.99. The number of anilines is 1. The van der Waals surface area contributed by atoms with Gasteiger partial charge in [0.25, 0.3) is 0 Å². The summed E-state index contributed by atoms with van der Waals surface area (Å²) >= 11 is 0. The Bertz CT molecular complexity index is 649. The van der Waals surface area contributed by atoms with Gasteiger partial charge in [0.15, 0.2) is 11.5 Å². The molecule has 0 aromatic heterocycles. The molecule has 2 aliphatic rings. The van der Waals surface area contributed by atoms with Crippen LogP contribution < -0.4 is 14.8 Å². The summed E-state index contributed by atoms with van der Waals surface area (Å²) in [6, 6.07) is 5.45. The highest BCUT2D eigenvalue weighted by Gasteiger charge is 2.49. The molecule has 2 heterocycles. The fraction of sp³-hybridized carbons (Fsp3) is 0.632. The Hall–Kier alpha value is -1.95. The number of likely N-dealkylation sites (tertiary alicyclic amines) is 2. The van der Waals surface area contributed by atoms with Crippen LogP contribution >= 0.6 is 0 Å². The van der Waals surface area contributed by atoms with E-state index >= 15 is 0 Å². The van der Waals surface area contributed by atoms with E-state index in [1.807, 2.05) is 36.9 Å². The Morgan fingerprint density at radius 1 is 1.28 bits per heavy atom. The number of hydrogen-bond donors (Lipinski definition) is 1. The second-order valence-corrected chi connectivity index (χ2v) is 7.89. The molecule has 0 radical (unpaired) electrons. The van der Waals surface area contributed by atoms with Crippen molar-refractivity contribution in [3.8, 4) is 11.5 Å². The molecule has 2 fully saturated rings. The van der Waals surface area contributed by atoms with Crippen molar-refractivity contribution in [1.82, 2.24) is 9.80 Å². The Morgan fingerprint density at radius 3 is 2.68 bits per heavy atom. The Balaban J connectivity index is 1.66. The number of nitrogens with one attached hydrogen (secondary N) is 1. The molecule has 1 aromatic carbocycles. The van der Waals surface area contributed by atoms with E-state index in [-0.39, 0.29) is 17.6 Å². The van der Waals surface area contributed by atoms with Gasteiger partial charge in [0.1, 0.15) is 0 Å². The molecule has 6 heteroatoms. The Morgan fingerprint density at radius 2 is 2.04 bits per heavy atom. The second-order valence-electron chi connectivity index (χ2n) is 7.89. The summed E-state index contributed by atoms with van der Waals surface area (Å²) in [6.45, 7) is 9.97. The number of fused-ring (bicyclic) bond motifs is 1. The van der Waals surface area contributed by atoms with Crippen molar-refractivity contribution in [1.29, 1.82) is 0 Å². The van der Waals surface area contributed by atoms with Crippen LogP contribution in [-0.4, -0.2) is 62.3 Å². The first-order valence-electron chi connectivity index (χ1n) is 8.90. The van der Waals surface area contributed by atoms with Gasteiger partial charge in [0.2, 0.25) is 0 Å². The Kier molecular flexibility index (Phi) is 4.82. The van der Waals surface area contributed by atoms with Crippen molar-refractivity contribution in [2.24, 2.45) is 11.3 Å². The molecule has 0 bridgehead atoms. The predicted molar refractivity (Wildman–Crippen MR) is 98.4 cm³/mol. The number of carbonyl (C=O) groups is 1.